The van der Waals surface area contributed by atoms with Crippen LogP contribution >= 0.6 is 0 Å². The minimum absolute atomic E-state index is 0.631. The highest BCUT2D eigenvalue weighted by Gasteiger charge is 2.19. The summed E-state index contributed by atoms with van der Waals surface area (Å²) in [5, 5.41) is 11.5. The van der Waals surface area contributed by atoms with Crippen molar-refractivity contribution >= 4 is 65.0 Å². The van der Waals surface area contributed by atoms with Crippen molar-refractivity contribution in [1.29, 1.82) is 0 Å². The lowest BCUT2D eigenvalue weighted by atomic mass is 9.92. The molecule has 0 aliphatic carbocycles. The predicted octanol–water partition coefficient (Wildman–Crippen LogP) is 13.1. The Bertz CT molecular complexity index is 3250. The predicted molar refractivity (Wildman–Crippen MR) is 219 cm³/mol. The Hall–Kier alpha value is -7.17. The van der Waals surface area contributed by atoms with Gasteiger partial charge in [-0.05, 0) is 84.5 Å². The zero-order valence-electron chi connectivity index (χ0n) is 28.5. The molecule has 2 heterocycles. The molecule has 0 amide bonds. The first-order valence-corrected chi connectivity index (χ1v) is 17.9. The van der Waals surface area contributed by atoms with Gasteiger partial charge in [0.2, 0.25) is 0 Å². The number of hydrogen-bond donors (Lipinski definition) is 0. The highest BCUT2D eigenvalue weighted by Crippen LogP contribution is 2.41. The van der Waals surface area contributed by atoms with E-state index in [1.165, 1.54) is 21.5 Å². The first kappa shape index (κ1) is 29.5. The molecule has 0 N–H and O–H groups in total. The van der Waals surface area contributed by atoms with E-state index in [1.807, 2.05) is 18.2 Å². The normalized spacial score (nSPS) is 11.8. The van der Waals surface area contributed by atoms with Crippen LogP contribution in [0.25, 0.3) is 110 Å². The van der Waals surface area contributed by atoms with E-state index in [-0.39, 0.29) is 0 Å². The first-order chi connectivity index (χ1) is 26.2. The van der Waals surface area contributed by atoms with Crippen LogP contribution in [-0.2, 0) is 0 Å². The summed E-state index contributed by atoms with van der Waals surface area (Å²) in [6, 6.07) is 61.7. The highest BCUT2D eigenvalue weighted by atomic mass is 16.3. The molecule has 2 aromatic heterocycles. The minimum Gasteiger partial charge on any atom is -0.456 e. The van der Waals surface area contributed by atoms with Crippen LogP contribution in [0.1, 0.15) is 0 Å². The number of furan rings is 1. The number of para-hydroxylation sites is 1. The zero-order chi connectivity index (χ0) is 34.9. The number of aromatic nitrogens is 3. The molecule has 0 saturated carbocycles. The van der Waals surface area contributed by atoms with Gasteiger partial charge < -0.3 is 4.42 Å². The van der Waals surface area contributed by atoms with Crippen molar-refractivity contribution in [3.05, 3.63) is 176 Å². The van der Waals surface area contributed by atoms with Crippen molar-refractivity contribution in [2.75, 3.05) is 0 Å². The fraction of sp³-hybridized carbons (Fsp3) is 0. The van der Waals surface area contributed by atoms with Gasteiger partial charge in [-0.2, -0.15) is 0 Å². The lowest BCUT2D eigenvalue weighted by Gasteiger charge is -2.14. The Morgan fingerprint density at radius 1 is 0.302 bits per heavy atom. The largest absolute Gasteiger partial charge is 0.456 e. The van der Waals surface area contributed by atoms with E-state index in [2.05, 4.69) is 158 Å². The zero-order valence-corrected chi connectivity index (χ0v) is 28.5. The fourth-order valence-corrected chi connectivity index (χ4v) is 7.96. The summed E-state index contributed by atoms with van der Waals surface area (Å²) < 4.78 is 6.28. The van der Waals surface area contributed by atoms with Gasteiger partial charge in [-0.3, -0.25) is 0 Å². The van der Waals surface area contributed by atoms with Crippen molar-refractivity contribution in [3.63, 3.8) is 0 Å². The van der Waals surface area contributed by atoms with Gasteiger partial charge in [0.15, 0.2) is 17.5 Å². The van der Waals surface area contributed by atoms with E-state index in [0.29, 0.717) is 17.5 Å². The van der Waals surface area contributed by atoms with Gasteiger partial charge in [-0.25, -0.2) is 15.0 Å². The van der Waals surface area contributed by atoms with Crippen LogP contribution in [0.2, 0.25) is 0 Å². The second-order valence-electron chi connectivity index (χ2n) is 13.6. The molecule has 0 aliphatic heterocycles. The molecule has 0 saturated heterocycles. The average Bonchev–Trinajstić information content (AvgIpc) is 3.62. The van der Waals surface area contributed by atoms with Crippen LogP contribution in [-0.4, -0.2) is 15.0 Å². The molecule has 246 valence electrons. The van der Waals surface area contributed by atoms with Gasteiger partial charge in [0.25, 0.3) is 0 Å². The maximum absolute atomic E-state index is 6.28. The molecule has 4 nitrogen and oxygen atoms in total. The summed E-state index contributed by atoms with van der Waals surface area (Å²) in [4.78, 5) is 15.6. The molecule has 9 aromatic carbocycles. The minimum atomic E-state index is 0.631. The molecule has 0 aliphatic rings. The third kappa shape index (κ3) is 4.80. The topological polar surface area (TPSA) is 51.8 Å². The lowest BCUT2D eigenvalue weighted by molar-refractivity contribution is 0.669. The van der Waals surface area contributed by atoms with Gasteiger partial charge in [-0.15, -0.1) is 0 Å². The average molecular weight is 676 g/mol. The van der Waals surface area contributed by atoms with E-state index in [1.54, 1.807) is 0 Å². The Morgan fingerprint density at radius 3 is 1.68 bits per heavy atom. The van der Waals surface area contributed by atoms with E-state index in [0.717, 1.165) is 71.3 Å². The molecule has 11 rings (SSSR count). The Morgan fingerprint density at radius 2 is 0.849 bits per heavy atom. The van der Waals surface area contributed by atoms with E-state index in [9.17, 15) is 0 Å². The summed E-state index contributed by atoms with van der Waals surface area (Å²) >= 11 is 0. The van der Waals surface area contributed by atoms with Crippen molar-refractivity contribution < 1.29 is 4.42 Å². The molecule has 11 aromatic rings. The monoisotopic (exact) mass is 675 g/mol. The number of fused-ring (bicyclic) bond motifs is 8. The molecule has 0 radical (unpaired) electrons. The van der Waals surface area contributed by atoms with Crippen LogP contribution in [0.4, 0.5) is 0 Å². The first-order valence-electron chi connectivity index (χ1n) is 17.9. The maximum atomic E-state index is 6.28. The van der Waals surface area contributed by atoms with Crippen LogP contribution in [0.3, 0.4) is 0 Å². The SMILES string of the molecule is c1ccc2cc(-c3nc(-c4ccc5c(ccc6ccccc65)c4)nc(-c4ccc(-c5cccc6oc7ccccc7c56)c5ccccc45)n3)ccc2c1. The summed E-state index contributed by atoms with van der Waals surface area (Å²) in [5.41, 5.74) is 6.86. The molecule has 0 bridgehead atoms. The molecule has 0 spiro atoms. The number of nitrogens with zero attached hydrogens (tertiary/aromatic N) is 3. The van der Waals surface area contributed by atoms with Gasteiger partial charge >= 0.3 is 0 Å². The maximum Gasteiger partial charge on any atom is 0.164 e. The molecule has 0 fully saturated rings. The number of benzene rings is 9. The molecule has 0 unspecified atom stereocenters. The van der Waals surface area contributed by atoms with Gasteiger partial charge in [0.1, 0.15) is 11.2 Å². The number of hydrogen-bond acceptors (Lipinski definition) is 4. The number of rotatable bonds is 4. The van der Waals surface area contributed by atoms with Crippen molar-refractivity contribution in [2.45, 2.75) is 0 Å². The van der Waals surface area contributed by atoms with Crippen molar-refractivity contribution in [2.24, 2.45) is 0 Å². The summed E-state index contributed by atoms with van der Waals surface area (Å²) in [5.74, 6) is 1.90. The molecule has 4 heteroatoms. The quantitative estimate of drug-likeness (QED) is 0.174. The molecular formula is C49H29N3O. The van der Waals surface area contributed by atoms with Crippen molar-refractivity contribution in [3.8, 4) is 45.3 Å². The molecule has 0 atom stereocenters. The van der Waals surface area contributed by atoms with E-state index >= 15 is 0 Å². The molecule has 53 heavy (non-hydrogen) atoms. The Labute approximate surface area is 304 Å². The van der Waals surface area contributed by atoms with Crippen molar-refractivity contribution in [1.82, 2.24) is 15.0 Å². The summed E-state index contributed by atoms with van der Waals surface area (Å²) in [7, 11) is 0. The Balaban J connectivity index is 1.13. The standard InChI is InChI=1S/C49H29N3O/c1-2-12-32-28-34(23-20-30(32)10-1)47-50-48(35-24-25-37-33(29-35)22-21-31-11-3-4-13-36(31)37)52-49(51-47)42-27-26-40(38-14-5-6-15-39(38)42)41-17-9-19-45-46(41)43-16-7-8-18-44(43)53-45/h1-29H. The second-order valence-corrected chi connectivity index (χ2v) is 13.6. The third-order valence-electron chi connectivity index (χ3n) is 10.5. The van der Waals surface area contributed by atoms with Crippen LogP contribution in [0.5, 0.6) is 0 Å². The molecular weight excluding hydrogens is 647 g/mol. The van der Waals surface area contributed by atoms with E-state index in [4.69, 9.17) is 19.4 Å². The second kappa shape index (κ2) is 11.7. The Kier molecular flexibility index (Phi) is 6.52. The van der Waals surface area contributed by atoms with Gasteiger partial charge in [-0.1, -0.05) is 146 Å². The van der Waals surface area contributed by atoms with Crippen LogP contribution < -0.4 is 0 Å². The summed E-state index contributed by atoms with van der Waals surface area (Å²) in [6.45, 7) is 0. The van der Waals surface area contributed by atoms with Gasteiger partial charge in [0.05, 0.1) is 0 Å². The highest BCUT2D eigenvalue weighted by molar-refractivity contribution is 6.16. The lowest BCUT2D eigenvalue weighted by Crippen LogP contribution is -2.01. The van der Waals surface area contributed by atoms with Crippen LogP contribution in [0, 0.1) is 0 Å². The van der Waals surface area contributed by atoms with Gasteiger partial charge in [0, 0.05) is 27.5 Å². The fourth-order valence-electron chi connectivity index (χ4n) is 7.96. The van der Waals surface area contributed by atoms with E-state index < -0.39 is 0 Å². The third-order valence-corrected chi connectivity index (χ3v) is 10.5. The smallest absolute Gasteiger partial charge is 0.164 e. The van der Waals surface area contributed by atoms with Crippen LogP contribution in [0.15, 0.2) is 180 Å². The summed E-state index contributed by atoms with van der Waals surface area (Å²) in [6.07, 6.45) is 0.